The summed E-state index contributed by atoms with van der Waals surface area (Å²) in [7, 11) is 0. The molecule has 32 heavy (non-hydrogen) atoms. The van der Waals surface area contributed by atoms with E-state index in [1.54, 1.807) is 4.90 Å². The molecular formula is C26H22FN3O2. The van der Waals surface area contributed by atoms with Crippen LogP contribution in [0.2, 0.25) is 0 Å². The number of aromatic amines is 1. The van der Waals surface area contributed by atoms with E-state index in [-0.39, 0.29) is 5.91 Å². The number of nitrogens with one attached hydrogen (secondary N) is 2. The standard InChI is InChI=1S/C26H22FN3O2/c1-16-6-11-22-21(14-16)23(29-25(31)18-7-9-20(27)10-8-18)24(28-22)26(32)30-13-12-17-4-2-3-5-19(17)15-30/h2-11,14,28H,12-13,15H2,1H3,(H,29,31). The van der Waals surface area contributed by atoms with Gasteiger partial charge in [0.1, 0.15) is 11.5 Å². The number of aryl methyl sites for hydroxylation is 1. The first-order valence-electron chi connectivity index (χ1n) is 10.5. The van der Waals surface area contributed by atoms with Gasteiger partial charge in [-0.05, 0) is 60.9 Å². The molecule has 0 saturated heterocycles. The molecule has 5 nitrogen and oxygen atoms in total. The molecule has 0 atom stereocenters. The zero-order valence-corrected chi connectivity index (χ0v) is 17.6. The number of anilines is 1. The minimum Gasteiger partial charge on any atom is -0.349 e. The lowest BCUT2D eigenvalue weighted by Crippen LogP contribution is -2.36. The largest absolute Gasteiger partial charge is 0.349 e. The molecule has 0 radical (unpaired) electrons. The normalized spacial score (nSPS) is 13.1. The summed E-state index contributed by atoms with van der Waals surface area (Å²) >= 11 is 0. The molecule has 3 aromatic carbocycles. The first kappa shape index (κ1) is 20.0. The van der Waals surface area contributed by atoms with Crippen molar-refractivity contribution in [1.82, 2.24) is 9.88 Å². The summed E-state index contributed by atoms with van der Waals surface area (Å²) in [5, 5.41) is 3.66. The van der Waals surface area contributed by atoms with Crippen molar-refractivity contribution < 1.29 is 14.0 Å². The molecule has 2 N–H and O–H groups in total. The van der Waals surface area contributed by atoms with Gasteiger partial charge in [0, 0.05) is 29.6 Å². The zero-order valence-electron chi connectivity index (χ0n) is 17.6. The smallest absolute Gasteiger partial charge is 0.272 e. The highest BCUT2D eigenvalue weighted by molar-refractivity contribution is 6.15. The Morgan fingerprint density at radius 2 is 1.75 bits per heavy atom. The fraction of sp³-hybridized carbons (Fsp3) is 0.154. The molecule has 0 fully saturated rings. The topological polar surface area (TPSA) is 65.2 Å². The first-order chi connectivity index (χ1) is 15.5. The Balaban J connectivity index is 1.52. The van der Waals surface area contributed by atoms with Gasteiger partial charge in [-0.25, -0.2) is 4.39 Å². The Bertz CT molecular complexity index is 1340. The average Bonchev–Trinajstić information content (AvgIpc) is 3.16. The maximum atomic E-state index is 13.5. The van der Waals surface area contributed by atoms with E-state index in [0.717, 1.165) is 28.5 Å². The lowest BCUT2D eigenvalue weighted by atomic mass is 9.99. The molecular weight excluding hydrogens is 405 g/mol. The lowest BCUT2D eigenvalue weighted by Gasteiger charge is -2.28. The number of rotatable bonds is 3. The van der Waals surface area contributed by atoms with Crippen LogP contribution in [0, 0.1) is 12.7 Å². The van der Waals surface area contributed by atoms with E-state index in [2.05, 4.69) is 16.4 Å². The van der Waals surface area contributed by atoms with E-state index in [0.29, 0.717) is 30.0 Å². The van der Waals surface area contributed by atoms with Crippen molar-refractivity contribution in [2.75, 3.05) is 11.9 Å². The van der Waals surface area contributed by atoms with E-state index in [9.17, 15) is 14.0 Å². The van der Waals surface area contributed by atoms with Gasteiger partial charge in [0.05, 0.1) is 5.69 Å². The van der Waals surface area contributed by atoms with Crippen LogP contribution in [-0.4, -0.2) is 28.2 Å². The molecule has 1 aliphatic rings. The van der Waals surface area contributed by atoms with Crippen molar-refractivity contribution in [3.8, 4) is 0 Å². The van der Waals surface area contributed by atoms with Crippen molar-refractivity contribution >= 4 is 28.4 Å². The molecule has 0 unspecified atom stereocenters. The Labute approximate surface area is 184 Å². The second-order valence-corrected chi connectivity index (χ2v) is 8.13. The third kappa shape index (κ3) is 3.64. The van der Waals surface area contributed by atoms with Crippen molar-refractivity contribution in [2.24, 2.45) is 0 Å². The number of nitrogens with zero attached hydrogens (tertiary/aromatic N) is 1. The molecule has 0 saturated carbocycles. The van der Waals surface area contributed by atoms with Gasteiger partial charge in [0.25, 0.3) is 11.8 Å². The molecule has 0 aliphatic carbocycles. The molecule has 5 rings (SSSR count). The van der Waals surface area contributed by atoms with Gasteiger partial charge in [-0.1, -0.05) is 35.9 Å². The van der Waals surface area contributed by atoms with E-state index < -0.39 is 11.7 Å². The summed E-state index contributed by atoms with van der Waals surface area (Å²) in [5.41, 5.74) is 5.29. The number of amides is 2. The third-order valence-corrected chi connectivity index (χ3v) is 5.93. The monoisotopic (exact) mass is 427 g/mol. The van der Waals surface area contributed by atoms with Crippen LogP contribution in [0.15, 0.2) is 66.7 Å². The van der Waals surface area contributed by atoms with Gasteiger partial charge in [0.15, 0.2) is 0 Å². The molecule has 4 aromatic rings. The van der Waals surface area contributed by atoms with Crippen LogP contribution in [0.1, 0.15) is 37.5 Å². The molecule has 1 aromatic heterocycles. The zero-order chi connectivity index (χ0) is 22.2. The molecule has 2 amide bonds. The molecule has 2 heterocycles. The highest BCUT2D eigenvalue weighted by Crippen LogP contribution is 2.31. The molecule has 0 spiro atoms. The van der Waals surface area contributed by atoms with Crippen LogP contribution in [0.3, 0.4) is 0 Å². The van der Waals surface area contributed by atoms with Crippen LogP contribution in [0.4, 0.5) is 10.1 Å². The van der Waals surface area contributed by atoms with Crippen molar-refractivity contribution in [2.45, 2.75) is 19.9 Å². The number of hydrogen-bond acceptors (Lipinski definition) is 2. The quantitative estimate of drug-likeness (QED) is 0.480. The minimum absolute atomic E-state index is 0.164. The van der Waals surface area contributed by atoms with Crippen LogP contribution in [0.25, 0.3) is 10.9 Å². The Morgan fingerprint density at radius 3 is 2.53 bits per heavy atom. The number of benzene rings is 3. The van der Waals surface area contributed by atoms with Crippen LogP contribution in [0.5, 0.6) is 0 Å². The number of H-pyrrole nitrogens is 1. The van der Waals surface area contributed by atoms with Crippen molar-refractivity contribution in [1.29, 1.82) is 0 Å². The summed E-state index contributed by atoms with van der Waals surface area (Å²) in [5.74, 6) is -0.973. The van der Waals surface area contributed by atoms with E-state index in [4.69, 9.17) is 0 Å². The lowest BCUT2D eigenvalue weighted by molar-refractivity contribution is 0.0731. The number of carbonyl (C=O) groups excluding carboxylic acids is 2. The molecule has 1 aliphatic heterocycles. The van der Waals surface area contributed by atoms with Crippen LogP contribution >= 0.6 is 0 Å². The number of fused-ring (bicyclic) bond motifs is 2. The van der Waals surface area contributed by atoms with Crippen LogP contribution < -0.4 is 5.32 Å². The van der Waals surface area contributed by atoms with E-state index in [1.165, 1.54) is 29.8 Å². The summed E-state index contributed by atoms with van der Waals surface area (Å²) in [6.45, 7) is 3.09. The molecule has 6 heteroatoms. The van der Waals surface area contributed by atoms with Crippen molar-refractivity contribution in [3.63, 3.8) is 0 Å². The van der Waals surface area contributed by atoms with E-state index >= 15 is 0 Å². The summed E-state index contributed by atoms with van der Waals surface area (Å²) in [4.78, 5) is 31.4. The van der Waals surface area contributed by atoms with Gasteiger partial charge in [-0.15, -0.1) is 0 Å². The Hall–Kier alpha value is -3.93. The fourth-order valence-electron chi connectivity index (χ4n) is 4.21. The average molecular weight is 427 g/mol. The first-order valence-corrected chi connectivity index (χ1v) is 10.5. The third-order valence-electron chi connectivity index (χ3n) is 5.93. The fourth-order valence-corrected chi connectivity index (χ4v) is 4.21. The second-order valence-electron chi connectivity index (χ2n) is 8.13. The molecule has 0 bridgehead atoms. The minimum atomic E-state index is -0.412. The maximum Gasteiger partial charge on any atom is 0.272 e. The predicted molar refractivity (Wildman–Crippen MR) is 122 cm³/mol. The van der Waals surface area contributed by atoms with Gasteiger partial charge >= 0.3 is 0 Å². The highest BCUT2D eigenvalue weighted by atomic mass is 19.1. The van der Waals surface area contributed by atoms with Gasteiger partial charge < -0.3 is 15.2 Å². The number of aromatic nitrogens is 1. The Morgan fingerprint density at radius 1 is 1.00 bits per heavy atom. The van der Waals surface area contributed by atoms with Crippen molar-refractivity contribution in [3.05, 3.63) is 100 Å². The maximum absolute atomic E-state index is 13.5. The summed E-state index contributed by atoms with van der Waals surface area (Å²) < 4.78 is 13.3. The summed E-state index contributed by atoms with van der Waals surface area (Å²) in [6, 6.07) is 19.3. The Kier molecular flexibility index (Phi) is 4.98. The summed E-state index contributed by atoms with van der Waals surface area (Å²) in [6.07, 6.45) is 0.790. The number of carbonyl (C=O) groups is 2. The molecule has 160 valence electrons. The predicted octanol–water partition coefficient (Wildman–Crippen LogP) is 5.07. The van der Waals surface area contributed by atoms with Gasteiger partial charge in [-0.3, -0.25) is 9.59 Å². The number of hydrogen-bond donors (Lipinski definition) is 2. The van der Waals surface area contributed by atoms with Gasteiger partial charge in [-0.2, -0.15) is 0 Å². The van der Waals surface area contributed by atoms with E-state index in [1.807, 2.05) is 43.3 Å². The number of halogens is 1. The highest BCUT2D eigenvalue weighted by Gasteiger charge is 2.27. The van der Waals surface area contributed by atoms with Crippen LogP contribution in [-0.2, 0) is 13.0 Å². The van der Waals surface area contributed by atoms with Gasteiger partial charge in [0.2, 0.25) is 0 Å². The second kappa shape index (κ2) is 7.96. The SMILES string of the molecule is Cc1ccc2[nH]c(C(=O)N3CCc4ccccc4C3)c(NC(=O)c3ccc(F)cc3)c2c1.